The molecular formula is C23H22BrN3O. The number of nitrogens with zero attached hydrogens (tertiary/aromatic N) is 3. The van der Waals surface area contributed by atoms with E-state index in [-0.39, 0.29) is 5.78 Å². The molecule has 1 aliphatic heterocycles. The van der Waals surface area contributed by atoms with Crippen LogP contribution >= 0.6 is 15.9 Å². The van der Waals surface area contributed by atoms with Crippen molar-refractivity contribution < 1.29 is 4.79 Å². The monoisotopic (exact) mass is 435 g/mol. The van der Waals surface area contributed by atoms with E-state index in [1.807, 2.05) is 43.3 Å². The molecule has 0 N–H and O–H groups in total. The van der Waals surface area contributed by atoms with E-state index in [1.165, 1.54) is 19.3 Å². The molecule has 0 bridgehead atoms. The summed E-state index contributed by atoms with van der Waals surface area (Å²) in [6, 6.07) is 15.7. The fraction of sp³-hybridized carbons (Fsp3) is 0.304. The van der Waals surface area contributed by atoms with Gasteiger partial charge in [-0.1, -0.05) is 28.4 Å². The molecule has 0 radical (unpaired) electrons. The third-order valence-electron chi connectivity index (χ3n) is 5.52. The zero-order valence-corrected chi connectivity index (χ0v) is 17.5. The van der Waals surface area contributed by atoms with Gasteiger partial charge in [0, 0.05) is 26.8 Å². The number of piperidine rings is 1. The van der Waals surface area contributed by atoms with Crippen LogP contribution in [0.25, 0.3) is 16.6 Å². The molecule has 5 heteroatoms. The number of likely N-dealkylation sites (tertiary alicyclic amines) is 1. The van der Waals surface area contributed by atoms with Gasteiger partial charge in [0.1, 0.15) is 0 Å². The minimum absolute atomic E-state index is 0.180. The number of fused-ring (bicyclic) bond motifs is 1. The number of hydrogen-bond donors (Lipinski definition) is 0. The zero-order valence-electron chi connectivity index (χ0n) is 15.9. The van der Waals surface area contributed by atoms with Crippen LogP contribution in [0.15, 0.2) is 46.9 Å². The molecule has 0 unspecified atom stereocenters. The largest absolute Gasteiger partial charge is 0.313 e. The van der Waals surface area contributed by atoms with Gasteiger partial charge in [-0.25, -0.2) is 0 Å². The number of Topliss-reactive ketones (excluding diaryl/α,β-unsaturated/α-hetero) is 1. The molecule has 1 aromatic heterocycles. The average Bonchev–Trinajstić information content (AvgIpc) is 3.00. The first-order valence-electron chi connectivity index (χ1n) is 9.65. The van der Waals surface area contributed by atoms with Gasteiger partial charge in [-0.05, 0) is 69.3 Å². The normalized spacial score (nSPS) is 14.9. The van der Waals surface area contributed by atoms with E-state index in [9.17, 15) is 4.79 Å². The van der Waals surface area contributed by atoms with E-state index in [0.717, 1.165) is 45.4 Å². The third kappa shape index (κ3) is 3.50. The SMILES string of the molecule is Cc1c(C(=O)CN2CCCCC2)c2ccc(Br)cc2n1-c1ccc(C#N)cc1. The Hall–Kier alpha value is -2.42. The van der Waals surface area contributed by atoms with E-state index >= 15 is 0 Å². The highest BCUT2D eigenvalue weighted by Crippen LogP contribution is 2.32. The maximum absolute atomic E-state index is 13.3. The fourth-order valence-electron chi connectivity index (χ4n) is 4.16. The van der Waals surface area contributed by atoms with E-state index in [2.05, 4.69) is 37.5 Å². The van der Waals surface area contributed by atoms with Gasteiger partial charge in [-0.15, -0.1) is 0 Å². The van der Waals surface area contributed by atoms with Crippen molar-refractivity contribution in [3.8, 4) is 11.8 Å². The Balaban J connectivity index is 1.81. The lowest BCUT2D eigenvalue weighted by atomic mass is 10.0. The van der Waals surface area contributed by atoms with Crippen molar-refractivity contribution in [2.45, 2.75) is 26.2 Å². The molecule has 1 saturated heterocycles. The van der Waals surface area contributed by atoms with Crippen LogP contribution in [0.1, 0.15) is 40.9 Å². The molecule has 1 fully saturated rings. The number of benzene rings is 2. The molecule has 28 heavy (non-hydrogen) atoms. The van der Waals surface area contributed by atoms with Crippen LogP contribution < -0.4 is 0 Å². The number of carbonyl (C=O) groups excluding carboxylic acids is 1. The number of ketones is 1. The highest BCUT2D eigenvalue weighted by molar-refractivity contribution is 9.10. The first-order chi connectivity index (χ1) is 13.6. The second kappa shape index (κ2) is 7.90. The summed E-state index contributed by atoms with van der Waals surface area (Å²) in [5.41, 5.74) is 4.33. The minimum atomic E-state index is 0.180. The van der Waals surface area contributed by atoms with Crippen molar-refractivity contribution in [3.05, 3.63) is 63.8 Å². The smallest absolute Gasteiger partial charge is 0.179 e. The van der Waals surface area contributed by atoms with Crippen LogP contribution in [0.2, 0.25) is 0 Å². The number of nitriles is 1. The summed E-state index contributed by atoms with van der Waals surface area (Å²) < 4.78 is 3.09. The lowest BCUT2D eigenvalue weighted by molar-refractivity contribution is 0.0916. The van der Waals surface area contributed by atoms with Crippen molar-refractivity contribution in [3.63, 3.8) is 0 Å². The Morgan fingerprint density at radius 3 is 2.50 bits per heavy atom. The quantitative estimate of drug-likeness (QED) is 0.526. The molecule has 2 heterocycles. The lowest BCUT2D eigenvalue weighted by Gasteiger charge is -2.25. The highest BCUT2D eigenvalue weighted by atomic mass is 79.9. The molecule has 4 nitrogen and oxygen atoms in total. The molecule has 2 aromatic carbocycles. The Bertz CT molecular complexity index is 1070. The fourth-order valence-corrected chi connectivity index (χ4v) is 4.51. The van der Waals surface area contributed by atoms with Crippen LogP contribution in [0.4, 0.5) is 0 Å². The summed E-state index contributed by atoms with van der Waals surface area (Å²) in [4.78, 5) is 15.5. The number of hydrogen-bond acceptors (Lipinski definition) is 3. The Labute approximate surface area is 173 Å². The van der Waals surface area contributed by atoms with E-state index in [4.69, 9.17) is 5.26 Å². The summed E-state index contributed by atoms with van der Waals surface area (Å²) in [5, 5.41) is 10.1. The van der Waals surface area contributed by atoms with Gasteiger partial charge in [-0.3, -0.25) is 9.69 Å². The van der Waals surface area contributed by atoms with Gasteiger partial charge in [0.2, 0.25) is 0 Å². The molecule has 0 spiro atoms. The van der Waals surface area contributed by atoms with Crippen LogP contribution in [-0.4, -0.2) is 34.9 Å². The van der Waals surface area contributed by atoms with Gasteiger partial charge >= 0.3 is 0 Å². The first-order valence-corrected chi connectivity index (χ1v) is 10.4. The molecule has 0 amide bonds. The standard InChI is InChI=1S/C23H22BrN3O/c1-16-23(22(28)15-26-11-3-2-4-12-26)20-10-7-18(24)13-21(20)27(16)19-8-5-17(14-25)6-9-19/h5-10,13H,2-4,11-12,15H2,1H3. The molecule has 0 aliphatic carbocycles. The maximum Gasteiger partial charge on any atom is 0.179 e. The Morgan fingerprint density at radius 2 is 1.82 bits per heavy atom. The Kier molecular flexibility index (Phi) is 5.34. The third-order valence-corrected chi connectivity index (χ3v) is 6.01. The lowest BCUT2D eigenvalue weighted by Crippen LogP contribution is -2.34. The molecular weight excluding hydrogens is 414 g/mol. The van der Waals surface area contributed by atoms with E-state index < -0.39 is 0 Å². The Morgan fingerprint density at radius 1 is 1.11 bits per heavy atom. The summed E-state index contributed by atoms with van der Waals surface area (Å²) in [6.45, 7) is 4.49. The summed E-state index contributed by atoms with van der Waals surface area (Å²) >= 11 is 3.56. The van der Waals surface area contributed by atoms with Crippen molar-refractivity contribution >= 4 is 32.6 Å². The van der Waals surface area contributed by atoms with Crippen molar-refractivity contribution in [2.75, 3.05) is 19.6 Å². The second-order valence-corrected chi connectivity index (χ2v) is 8.29. The molecule has 3 aromatic rings. The summed E-state index contributed by atoms with van der Waals surface area (Å²) in [6.07, 6.45) is 3.61. The van der Waals surface area contributed by atoms with E-state index in [0.29, 0.717) is 12.1 Å². The van der Waals surface area contributed by atoms with Crippen molar-refractivity contribution in [1.82, 2.24) is 9.47 Å². The summed E-state index contributed by atoms with van der Waals surface area (Å²) in [5.74, 6) is 0.180. The van der Waals surface area contributed by atoms with Gasteiger partial charge < -0.3 is 4.57 Å². The minimum Gasteiger partial charge on any atom is -0.313 e. The number of rotatable bonds is 4. The first kappa shape index (κ1) is 18.9. The number of aromatic nitrogens is 1. The van der Waals surface area contributed by atoms with E-state index in [1.54, 1.807) is 0 Å². The maximum atomic E-state index is 13.3. The van der Waals surface area contributed by atoms with Gasteiger partial charge in [0.15, 0.2) is 5.78 Å². The van der Waals surface area contributed by atoms with Gasteiger partial charge in [0.25, 0.3) is 0 Å². The van der Waals surface area contributed by atoms with Gasteiger partial charge in [-0.2, -0.15) is 5.26 Å². The topological polar surface area (TPSA) is 49.0 Å². The summed E-state index contributed by atoms with van der Waals surface area (Å²) in [7, 11) is 0. The van der Waals surface area contributed by atoms with Crippen molar-refractivity contribution in [1.29, 1.82) is 5.26 Å². The zero-order chi connectivity index (χ0) is 19.7. The molecule has 0 saturated carbocycles. The van der Waals surface area contributed by atoms with Crippen LogP contribution in [0, 0.1) is 18.3 Å². The predicted octanol–water partition coefficient (Wildman–Crippen LogP) is 5.24. The highest BCUT2D eigenvalue weighted by Gasteiger charge is 2.23. The van der Waals surface area contributed by atoms with Crippen molar-refractivity contribution in [2.24, 2.45) is 0 Å². The van der Waals surface area contributed by atoms with Crippen LogP contribution in [-0.2, 0) is 0 Å². The number of halogens is 1. The average molecular weight is 436 g/mol. The van der Waals surface area contributed by atoms with Crippen LogP contribution in [0.5, 0.6) is 0 Å². The van der Waals surface area contributed by atoms with Crippen LogP contribution in [0.3, 0.4) is 0 Å². The second-order valence-electron chi connectivity index (χ2n) is 7.38. The molecule has 4 rings (SSSR count). The molecule has 142 valence electrons. The molecule has 0 atom stereocenters. The molecule has 1 aliphatic rings. The predicted molar refractivity (Wildman–Crippen MR) is 115 cm³/mol. The number of carbonyl (C=O) groups is 1. The van der Waals surface area contributed by atoms with Gasteiger partial charge in [0.05, 0.1) is 23.7 Å².